The van der Waals surface area contributed by atoms with E-state index in [9.17, 15) is 31.9 Å². The molecule has 4 heterocycles. The van der Waals surface area contributed by atoms with Crippen molar-refractivity contribution < 1.29 is 40.6 Å². The second-order valence-corrected chi connectivity index (χ2v) is 14.4. The fraction of sp³-hybridized carbons (Fsp3) is 0.297. The van der Waals surface area contributed by atoms with E-state index < -0.39 is 76.6 Å². The number of rotatable bonds is 7. The van der Waals surface area contributed by atoms with Gasteiger partial charge >= 0.3 is 6.18 Å². The van der Waals surface area contributed by atoms with Gasteiger partial charge in [-0.25, -0.2) is 13.8 Å². The molecule has 54 heavy (non-hydrogen) atoms. The zero-order valence-corrected chi connectivity index (χ0v) is 28.9. The first-order valence-corrected chi connectivity index (χ1v) is 17.0. The number of H-pyrrole nitrogens is 2. The van der Waals surface area contributed by atoms with Crippen LogP contribution in [0.3, 0.4) is 0 Å². The molecule has 0 aliphatic heterocycles. The molecular weight excluding hydrogens is 743 g/mol. The van der Waals surface area contributed by atoms with Crippen LogP contribution in [-0.4, -0.2) is 46.6 Å². The number of hydrogen-bond acceptors (Lipinski definition) is 5. The van der Waals surface area contributed by atoms with Crippen molar-refractivity contribution in [2.45, 2.75) is 62.9 Å². The molecule has 0 bridgehead atoms. The zero-order valence-electron chi connectivity index (χ0n) is 28.1. The summed E-state index contributed by atoms with van der Waals surface area (Å²) in [6.45, 7) is 1.87. The van der Waals surface area contributed by atoms with Crippen LogP contribution in [-0.2, 0) is 29.9 Å². The number of amides is 1. The highest BCUT2D eigenvalue weighted by Crippen LogP contribution is 2.68. The molecule has 3 atom stereocenters. The first kappa shape index (κ1) is 35.6. The smallest absolute Gasteiger partial charge is 0.378 e. The third-order valence-corrected chi connectivity index (χ3v) is 9.80. The summed E-state index contributed by atoms with van der Waals surface area (Å²) in [5, 5.41) is 24.3. The number of benzene rings is 2. The minimum absolute atomic E-state index is 0.0628. The Kier molecular flexibility index (Phi) is 8.13. The maximum atomic E-state index is 15.3. The summed E-state index contributed by atoms with van der Waals surface area (Å²) in [5.41, 5.74) is -1.70. The summed E-state index contributed by atoms with van der Waals surface area (Å²) in [5.74, 6) is -3.43. The van der Waals surface area contributed by atoms with Crippen LogP contribution in [0.1, 0.15) is 66.1 Å². The fourth-order valence-corrected chi connectivity index (χ4v) is 7.45. The largest absolute Gasteiger partial charge is 0.435 e. The number of halogens is 8. The number of nitrogens with zero attached hydrogens (tertiary/aromatic N) is 4. The second kappa shape index (κ2) is 12.3. The molecule has 1 fully saturated rings. The highest BCUT2D eigenvalue weighted by Gasteiger charge is 2.68. The van der Waals surface area contributed by atoms with E-state index in [4.69, 9.17) is 16.6 Å². The Bertz CT molecular complexity index is 2550. The molecule has 6 aromatic rings. The van der Waals surface area contributed by atoms with Gasteiger partial charge in [0.25, 0.3) is 5.92 Å². The number of fused-ring (bicyclic) bond motifs is 6. The van der Waals surface area contributed by atoms with Gasteiger partial charge in [0.05, 0.1) is 17.3 Å². The Morgan fingerprint density at radius 1 is 1.11 bits per heavy atom. The van der Waals surface area contributed by atoms with Crippen LogP contribution in [0.15, 0.2) is 48.5 Å². The quantitative estimate of drug-likeness (QED) is 0.0980. The number of aromatic nitrogens is 6. The lowest BCUT2D eigenvalue weighted by Crippen LogP contribution is -2.35. The molecular formula is C37H27ClF7N7O2. The van der Waals surface area contributed by atoms with Crippen LogP contribution < -0.4 is 5.32 Å². The summed E-state index contributed by atoms with van der Waals surface area (Å²) >= 11 is 6.32. The van der Waals surface area contributed by atoms with E-state index in [-0.39, 0.29) is 34.9 Å². The number of aliphatic hydroxyl groups is 1. The van der Waals surface area contributed by atoms with Crippen molar-refractivity contribution in [2.24, 2.45) is 5.92 Å². The molecule has 4 N–H and O–H groups in total. The van der Waals surface area contributed by atoms with Crippen LogP contribution in [0.4, 0.5) is 30.7 Å². The minimum Gasteiger partial charge on any atom is -0.378 e. The zero-order chi connectivity index (χ0) is 38.5. The van der Waals surface area contributed by atoms with Crippen LogP contribution >= 0.6 is 11.6 Å². The predicted molar refractivity (Wildman–Crippen MR) is 182 cm³/mol. The topological polar surface area (TPSA) is 125 Å². The number of carbonyl (C=O) groups is 1. The van der Waals surface area contributed by atoms with Crippen LogP contribution in [0.5, 0.6) is 0 Å². The van der Waals surface area contributed by atoms with Crippen molar-refractivity contribution in [3.63, 3.8) is 0 Å². The Labute approximate surface area is 305 Å². The van der Waals surface area contributed by atoms with Gasteiger partial charge in [0.15, 0.2) is 5.69 Å². The van der Waals surface area contributed by atoms with Gasteiger partial charge in [0.1, 0.15) is 51.4 Å². The van der Waals surface area contributed by atoms with E-state index in [1.165, 1.54) is 13.8 Å². The first-order valence-electron chi connectivity index (χ1n) is 16.6. The normalized spacial score (nSPS) is 18.0. The summed E-state index contributed by atoms with van der Waals surface area (Å²) in [7, 11) is 0. The number of carbonyl (C=O) groups excluding carboxylic acids is 1. The maximum Gasteiger partial charge on any atom is 0.435 e. The lowest BCUT2D eigenvalue weighted by Gasteiger charge is -2.23. The molecule has 1 amide bonds. The van der Waals surface area contributed by atoms with E-state index in [0.717, 1.165) is 12.1 Å². The van der Waals surface area contributed by atoms with Gasteiger partial charge in [-0.05, 0) is 68.4 Å². The Morgan fingerprint density at radius 3 is 2.56 bits per heavy atom. The molecule has 2 aliphatic carbocycles. The predicted octanol–water partition coefficient (Wildman–Crippen LogP) is 7.68. The molecule has 4 aromatic heterocycles. The fourth-order valence-electron chi connectivity index (χ4n) is 7.27. The molecule has 278 valence electrons. The molecule has 8 rings (SSSR count). The standard InChI is InChI=1S/C37H27ClF7N7O2/c1-35(2,54)9-8-19-6-7-21(20-4-3-5-22-28(20)48-31-30(22)49-50-34(31)38)29(46-19)25(12-16-10-17(39)13-18(40)11-16)47-26(53)15-52-33-27(32(51-52)37(43,44)45)23-14-24(23)36(33,41)42/h3-7,10-11,13,23-25,48,54H,12,14-15H2,1-2H3,(H,47,53)(H,49,50)/t23-,24+,25-/m0/s1. The molecule has 17 heteroatoms. The number of pyridine rings is 1. The van der Waals surface area contributed by atoms with Crippen LogP contribution in [0.25, 0.3) is 33.1 Å². The van der Waals surface area contributed by atoms with Gasteiger partial charge in [-0.3, -0.25) is 14.6 Å². The molecule has 2 aromatic carbocycles. The van der Waals surface area contributed by atoms with E-state index in [1.807, 2.05) is 0 Å². The van der Waals surface area contributed by atoms with E-state index in [2.05, 4.69) is 37.4 Å². The summed E-state index contributed by atoms with van der Waals surface area (Å²) in [4.78, 5) is 21.8. The van der Waals surface area contributed by atoms with Crippen molar-refractivity contribution in [1.29, 1.82) is 0 Å². The third kappa shape index (κ3) is 6.24. The highest BCUT2D eigenvalue weighted by atomic mass is 35.5. The maximum absolute atomic E-state index is 15.3. The second-order valence-electron chi connectivity index (χ2n) is 14.0. The first-order chi connectivity index (χ1) is 25.4. The summed E-state index contributed by atoms with van der Waals surface area (Å²) in [6, 6.07) is 9.88. The third-order valence-electron chi connectivity index (χ3n) is 9.52. The minimum atomic E-state index is -5.04. The number of nitrogens with one attached hydrogen (secondary N) is 3. The average Bonchev–Trinajstić information content (AvgIpc) is 3.34. The molecule has 2 aliphatic rings. The van der Waals surface area contributed by atoms with Gasteiger partial charge in [-0.15, -0.1) is 0 Å². The summed E-state index contributed by atoms with van der Waals surface area (Å²) < 4.78 is 102. The van der Waals surface area contributed by atoms with Gasteiger partial charge in [0, 0.05) is 34.1 Å². The lowest BCUT2D eigenvalue weighted by molar-refractivity contribution is -0.142. The van der Waals surface area contributed by atoms with E-state index >= 15 is 8.78 Å². The molecule has 0 saturated heterocycles. The monoisotopic (exact) mass is 769 g/mol. The average molecular weight is 770 g/mol. The molecule has 1 saturated carbocycles. The SMILES string of the molecule is CC(C)(O)C#Cc1ccc(-c2cccc3c2[nH]c2c(Cl)[nH]nc23)c([C@H](Cc2cc(F)cc(F)c2)NC(=O)Cn2nc(C(F)(F)F)c3c2C(F)(F)[C@@H]2C[C@H]32)n1. The molecule has 0 radical (unpaired) electrons. The van der Waals surface area contributed by atoms with Gasteiger partial charge in [-0.2, -0.15) is 32.1 Å². The van der Waals surface area contributed by atoms with Crippen LogP contribution in [0, 0.1) is 29.4 Å². The Hall–Kier alpha value is -5.40. The van der Waals surface area contributed by atoms with E-state index in [1.54, 1.807) is 30.3 Å². The van der Waals surface area contributed by atoms with Crippen LogP contribution in [0.2, 0.25) is 5.15 Å². The Morgan fingerprint density at radius 2 is 1.85 bits per heavy atom. The highest BCUT2D eigenvalue weighted by molar-refractivity contribution is 6.35. The molecule has 0 spiro atoms. The van der Waals surface area contributed by atoms with Crippen molar-refractivity contribution >= 4 is 39.4 Å². The van der Waals surface area contributed by atoms with Crippen molar-refractivity contribution in [3.05, 3.63) is 99.2 Å². The van der Waals surface area contributed by atoms with Crippen molar-refractivity contribution in [3.8, 4) is 23.0 Å². The van der Waals surface area contributed by atoms with Gasteiger partial charge in [-0.1, -0.05) is 35.7 Å². The lowest BCUT2D eigenvalue weighted by atomic mass is 9.94. The summed E-state index contributed by atoms with van der Waals surface area (Å²) in [6.07, 6.45) is -5.49. The number of aromatic amines is 2. The van der Waals surface area contributed by atoms with Gasteiger partial charge in [0.2, 0.25) is 5.91 Å². The number of hydrogen-bond donors (Lipinski definition) is 4. The number of alkyl halides is 5. The Balaban J connectivity index is 1.26. The molecule has 9 nitrogen and oxygen atoms in total. The molecule has 0 unspecified atom stereocenters. The van der Waals surface area contributed by atoms with Crippen molar-refractivity contribution in [2.75, 3.05) is 0 Å². The van der Waals surface area contributed by atoms with E-state index in [0.29, 0.717) is 43.8 Å². The van der Waals surface area contributed by atoms with Gasteiger partial charge < -0.3 is 15.4 Å². The number of para-hydroxylation sites is 1. The van der Waals surface area contributed by atoms with Crippen molar-refractivity contribution in [1.82, 2.24) is 35.3 Å².